The van der Waals surface area contributed by atoms with Gasteiger partial charge in [0.15, 0.2) is 6.49 Å². The van der Waals surface area contributed by atoms with E-state index in [4.69, 9.17) is 11.2 Å². The minimum Gasteiger partial charge on any atom is -0.306 e. The van der Waals surface area contributed by atoms with Gasteiger partial charge in [-0.05, 0) is 56.3 Å². The largest absolute Gasteiger partial charge is 0.306 e. The molecule has 1 unspecified atom stereocenters. The minimum absolute atomic E-state index is 0.00154. The van der Waals surface area contributed by atoms with Crippen molar-refractivity contribution in [3.05, 3.63) is 0 Å². The summed E-state index contributed by atoms with van der Waals surface area (Å²) in [6, 6.07) is 0. The molecule has 4 bridgehead atoms. The summed E-state index contributed by atoms with van der Waals surface area (Å²) in [4.78, 5) is 0. The molecule has 1 nitrogen and oxygen atoms in total. The van der Waals surface area contributed by atoms with Gasteiger partial charge in [-0.3, -0.25) is 0 Å². The molecule has 0 amide bonds. The summed E-state index contributed by atoms with van der Waals surface area (Å²) in [5.41, 5.74) is 0. The van der Waals surface area contributed by atoms with Gasteiger partial charge in [-0.2, -0.15) is 0 Å². The average Bonchev–Trinajstić information content (AvgIpc) is 2.12. The molecule has 4 saturated carbocycles. The monoisotopic (exact) mass is 274 g/mol. The molecule has 0 aromatic carbocycles. The third kappa shape index (κ3) is 1.68. The molecule has 1 atom stereocenters. The third-order valence-electron chi connectivity index (χ3n) is 5.48. The molecule has 3 heteroatoms. The van der Waals surface area contributed by atoms with Crippen LogP contribution in [0.3, 0.4) is 0 Å². The predicted octanol–water partition coefficient (Wildman–Crippen LogP) is 5.27. The molecule has 4 fully saturated rings. The molecule has 4 aliphatic rings. The SMILES string of the molecule is CC(C)(C)P(=O)(Cl)C12CC3CC(CC(C3)C1)C2. The van der Waals surface area contributed by atoms with Crippen molar-refractivity contribution in [2.24, 2.45) is 17.8 Å². The molecule has 17 heavy (non-hydrogen) atoms. The first-order chi connectivity index (χ1) is 7.73. The fourth-order valence-corrected chi connectivity index (χ4v) is 8.65. The third-order valence-corrected chi connectivity index (χ3v) is 11.6. The first-order valence-corrected chi connectivity index (χ1v) is 9.65. The van der Waals surface area contributed by atoms with Gasteiger partial charge in [0.05, 0.1) is 0 Å². The van der Waals surface area contributed by atoms with Gasteiger partial charge < -0.3 is 4.57 Å². The van der Waals surface area contributed by atoms with Crippen LogP contribution in [0, 0.1) is 17.8 Å². The van der Waals surface area contributed by atoms with Gasteiger partial charge in [0, 0.05) is 10.3 Å². The Kier molecular flexibility index (Phi) is 2.61. The molecule has 0 N–H and O–H groups in total. The summed E-state index contributed by atoms with van der Waals surface area (Å²) in [6.07, 6.45) is 7.62. The first kappa shape index (κ1) is 12.5. The van der Waals surface area contributed by atoms with E-state index in [1.54, 1.807) is 0 Å². The Hall–Kier alpha value is 0.520. The minimum atomic E-state index is -2.60. The number of hydrogen-bond donors (Lipinski definition) is 0. The van der Waals surface area contributed by atoms with E-state index in [1.807, 2.05) is 0 Å². The van der Waals surface area contributed by atoms with Crippen LogP contribution in [0.2, 0.25) is 0 Å². The van der Waals surface area contributed by atoms with Crippen LogP contribution in [0.15, 0.2) is 0 Å². The van der Waals surface area contributed by atoms with Crippen LogP contribution in [0.5, 0.6) is 0 Å². The van der Waals surface area contributed by atoms with Crippen LogP contribution in [0.25, 0.3) is 0 Å². The normalized spacial score (nSPS) is 48.1. The summed E-state index contributed by atoms with van der Waals surface area (Å²) in [5.74, 6) is 2.49. The molecule has 0 aromatic heterocycles. The summed E-state index contributed by atoms with van der Waals surface area (Å²) < 4.78 is 13.3. The van der Waals surface area contributed by atoms with Gasteiger partial charge >= 0.3 is 0 Å². The number of hydrogen-bond acceptors (Lipinski definition) is 1. The molecule has 0 spiro atoms. The zero-order valence-electron chi connectivity index (χ0n) is 11.2. The molecule has 0 aromatic rings. The van der Waals surface area contributed by atoms with Crippen molar-refractivity contribution in [1.82, 2.24) is 0 Å². The highest BCUT2D eigenvalue weighted by molar-refractivity contribution is 7.91. The van der Waals surface area contributed by atoms with E-state index in [0.717, 1.165) is 37.0 Å². The average molecular weight is 275 g/mol. The van der Waals surface area contributed by atoms with E-state index in [9.17, 15) is 4.57 Å². The predicted molar refractivity (Wildman–Crippen MR) is 74.1 cm³/mol. The fraction of sp³-hybridized carbons (Fsp3) is 1.00. The summed E-state index contributed by atoms with van der Waals surface area (Å²) in [6.45, 7) is 3.60. The Morgan fingerprint density at radius 1 is 1.00 bits per heavy atom. The molecule has 4 aliphatic carbocycles. The summed E-state index contributed by atoms with van der Waals surface area (Å²) in [7, 11) is 0. The lowest BCUT2D eigenvalue weighted by atomic mass is 9.56. The molecule has 0 radical (unpaired) electrons. The Bertz CT molecular complexity index is 347. The highest BCUT2D eigenvalue weighted by Crippen LogP contribution is 2.79. The smallest absolute Gasteiger partial charge is 0.180 e. The van der Waals surface area contributed by atoms with Crippen molar-refractivity contribution in [3.63, 3.8) is 0 Å². The van der Waals surface area contributed by atoms with Crippen LogP contribution in [0.1, 0.15) is 59.3 Å². The second kappa shape index (κ2) is 3.54. The van der Waals surface area contributed by atoms with Gasteiger partial charge in [-0.1, -0.05) is 32.0 Å². The number of halogens is 1. The molecule has 98 valence electrons. The van der Waals surface area contributed by atoms with Crippen molar-refractivity contribution in [1.29, 1.82) is 0 Å². The topological polar surface area (TPSA) is 17.1 Å². The Morgan fingerprint density at radius 2 is 1.35 bits per heavy atom. The maximum Gasteiger partial charge on any atom is 0.180 e. The van der Waals surface area contributed by atoms with E-state index < -0.39 is 6.49 Å². The van der Waals surface area contributed by atoms with E-state index in [0.29, 0.717) is 0 Å². The van der Waals surface area contributed by atoms with Gasteiger partial charge in [-0.15, -0.1) is 0 Å². The van der Waals surface area contributed by atoms with Gasteiger partial charge in [-0.25, -0.2) is 0 Å². The van der Waals surface area contributed by atoms with Crippen LogP contribution in [-0.4, -0.2) is 10.3 Å². The lowest BCUT2D eigenvalue weighted by Gasteiger charge is -2.59. The zero-order chi connectivity index (χ0) is 12.5. The van der Waals surface area contributed by atoms with Crippen LogP contribution in [0.4, 0.5) is 0 Å². The Balaban J connectivity index is 2.00. The van der Waals surface area contributed by atoms with Gasteiger partial charge in [0.1, 0.15) is 0 Å². The highest BCUT2D eigenvalue weighted by Gasteiger charge is 2.61. The standard InChI is InChI=1S/C14H24ClOP/c1-13(2,3)17(15,16)14-7-10-4-11(8-14)6-12(5-10)9-14/h10-12H,4-9H2,1-3H3. The number of rotatable bonds is 1. The second-order valence-electron chi connectivity index (χ2n) is 7.85. The van der Waals surface area contributed by atoms with E-state index >= 15 is 0 Å². The fourth-order valence-electron chi connectivity index (χ4n) is 5.13. The molecule has 0 heterocycles. The molecular weight excluding hydrogens is 251 g/mol. The molecule has 4 rings (SSSR count). The van der Waals surface area contributed by atoms with E-state index in [2.05, 4.69) is 20.8 Å². The Morgan fingerprint density at radius 3 is 1.65 bits per heavy atom. The van der Waals surface area contributed by atoms with Crippen LogP contribution in [-0.2, 0) is 4.57 Å². The lowest BCUT2D eigenvalue weighted by molar-refractivity contribution is 0.0329. The molecular formula is C14H24ClOP. The maximum atomic E-state index is 13.3. The quantitative estimate of drug-likeness (QED) is 0.595. The van der Waals surface area contributed by atoms with E-state index in [1.165, 1.54) is 19.3 Å². The first-order valence-electron chi connectivity index (χ1n) is 7.03. The van der Waals surface area contributed by atoms with Gasteiger partial charge in [0.2, 0.25) is 0 Å². The second-order valence-corrected chi connectivity index (χ2v) is 12.6. The Labute approximate surface area is 110 Å². The highest BCUT2D eigenvalue weighted by atomic mass is 35.7. The molecule has 0 aliphatic heterocycles. The van der Waals surface area contributed by atoms with Gasteiger partial charge in [0.25, 0.3) is 0 Å². The summed E-state index contributed by atoms with van der Waals surface area (Å²) in [5, 5.41) is -0.234. The maximum absolute atomic E-state index is 13.3. The zero-order valence-corrected chi connectivity index (χ0v) is 12.9. The lowest BCUT2D eigenvalue weighted by Crippen LogP contribution is -2.51. The van der Waals surface area contributed by atoms with Crippen molar-refractivity contribution in [3.8, 4) is 0 Å². The molecule has 0 saturated heterocycles. The van der Waals surface area contributed by atoms with Crippen molar-refractivity contribution >= 4 is 17.7 Å². The van der Waals surface area contributed by atoms with Crippen molar-refractivity contribution in [2.45, 2.75) is 69.6 Å². The summed E-state index contributed by atoms with van der Waals surface area (Å²) >= 11 is 6.69. The van der Waals surface area contributed by atoms with E-state index in [-0.39, 0.29) is 10.3 Å². The van der Waals surface area contributed by atoms with Crippen molar-refractivity contribution < 1.29 is 4.57 Å². The van der Waals surface area contributed by atoms with Crippen LogP contribution < -0.4 is 0 Å². The van der Waals surface area contributed by atoms with Crippen LogP contribution >= 0.6 is 17.7 Å². The van der Waals surface area contributed by atoms with Crippen molar-refractivity contribution in [2.75, 3.05) is 0 Å².